The van der Waals surface area contributed by atoms with Crippen molar-refractivity contribution >= 4 is 6.03 Å². The second-order valence-corrected chi connectivity index (χ2v) is 6.68. The van der Waals surface area contributed by atoms with Crippen molar-refractivity contribution in [2.24, 2.45) is 0 Å². The highest BCUT2D eigenvalue weighted by Gasteiger charge is 2.25. The van der Waals surface area contributed by atoms with Gasteiger partial charge in [-0.2, -0.15) is 0 Å². The molecule has 1 N–H and O–H groups in total. The lowest BCUT2D eigenvalue weighted by atomic mass is 10.0. The summed E-state index contributed by atoms with van der Waals surface area (Å²) in [4.78, 5) is 16.8. The fourth-order valence-corrected chi connectivity index (χ4v) is 3.51. The fourth-order valence-electron chi connectivity index (χ4n) is 3.51. The number of likely N-dealkylation sites (tertiary alicyclic amines) is 1. The van der Waals surface area contributed by atoms with E-state index in [-0.39, 0.29) is 6.03 Å². The van der Waals surface area contributed by atoms with Gasteiger partial charge in [0, 0.05) is 38.9 Å². The Balaban J connectivity index is 1.75. The van der Waals surface area contributed by atoms with Crippen molar-refractivity contribution in [3.8, 4) is 0 Å². The van der Waals surface area contributed by atoms with E-state index in [1.807, 2.05) is 11.9 Å². The third kappa shape index (κ3) is 5.13. The predicted octanol–water partition coefficient (Wildman–Crippen LogP) is 2.46. The molecule has 128 valence electrons. The Morgan fingerprint density at radius 1 is 1.27 bits per heavy atom. The first-order valence-corrected chi connectivity index (χ1v) is 9.04. The number of piperidine rings is 1. The average Bonchev–Trinajstić information content (AvgIpc) is 2.58. The van der Waals surface area contributed by atoms with E-state index in [4.69, 9.17) is 4.74 Å². The summed E-state index contributed by atoms with van der Waals surface area (Å²) in [5.74, 6) is 0. The smallest absolute Gasteiger partial charge is 0.317 e. The van der Waals surface area contributed by atoms with Crippen LogP contribution in [0.4, 0.5) is 4.79 Å². The second-order valence-electron chi connectivity index (χ2n) is 6.68. The number of hydrogen-bond acceptors (Lipinski definition) is 3. The summed E-state index contributed by atoms with van der Waals surface area (Å²) in [6.45, 7) is 6.94. The van der Waals surface area contributed by atoms with Gasteiger partial charge in [0.15, 0.2) is 0 Å². The van der Waals surface area contributed by atoms with Gasteiger partial charge in [0.25, 0.3) is 0 Å². The summed E-state index contributed by atoms with van der Waals surface area (Å²) in [5, 5.41) is 3.16. The minimum Gasteiger partial charge on any atom is -0.381 e. The van der Waals surface area contributed by atoms with Gasteiger partial charge in [-0.25, -0.2) is 4.79 Å². The first kappa shape index (κ1) is 17.5. The number of rotatable bonds is 6. The SMILES string of the molecule is CCCCN1CCCC[C@H]1CNC(=O)N(C)C1CCOCC1. The van der Waals surface area contributed by atoms with E-state index in [2.05, 4.69) is 17.1 Å². The van der Waals surface area contributed by atoms with Crippen molar-refractivity contribution < 1.29 is 9.53 Å². The van der Waals surface area contributed by atoms with Crippen molar-refractivity contribution in [1.29, 1.82) is 0 Å². The normalized spacial score (nSPS) is 24.2. The van der Waals surface area contributed by atoms with Crippen LogP contribution in [0.1, 0.15) is 51.9 Å². The number of hydrogen-bond donors (Lipinski definition) is 1. The number of urea groups is 1. The number of amides is 2. The van der Waals surface area contributed by atoms with E-state index in [0.29, 0.717) is 12.1 Å². The molecule has 0 bridgehead atoms. The molecule has 0 aliphatic carbocycles. The zero-order valence-corrected chi connectivity index (χ0v) is 14.4. The first-order chi connectivity index (χ1) is 10.7. The minimum atomic E-state index is 0.0768. The van der Waals surface area contributed by atoms with Gasteiger partial charge in [0.2, 0.25) is 0 Å². The molecular formula is C17H33N3O2. The van der Waals surface area contributed by atoms with Gasteiger partial charge in [-0.1, -0.05) is 19.8 Å². The van der Waals surface area contributed by atoms with Gasteiger partial charge in [-0.15, -0.1) is 0 Å². The van der Waals surface area contributed by atoms with Crippen LogP contribution in [0, 0.1) is 0 Å². The molecule has 0 aromatic heterocycles. The summed E-state index contributed by atoms with van der Waals surface area (Å²) >= 11 is 0. The maximum Gasteiger partial charge on any atom is 0.317 e. The van der Waals surface area contributed by atoms with Crippen LogP contribution in [0.2, 0.25) is 0 Å². The lowest BCUT2D eigenvalue weighted by Gasteiger charge is -2.37. The second kappa shape index (κ2) is 9.36. The van der Waals surface area contributed by atoms with Gasteiger partial charge in [-0.3, -0.25) is 4.90 Å². The Morgan fingerprint density at radius 3 is 2.77 bits per heavy atom. The van der Waals surface area contributed by atoms with Gasteiger partial charge >= 0.3 is 6.03 Å². The molecule has 0 spiro atoms. The molecule has 2 aliphatic heterocycles. The molecule has 2 rings (SSSR count). The molecule has 2 amide bonds. The van der Waals surface area contributed by atoms with Crippen LogP contribution in [0.25, 0.3) is 0 Å². The number of ether oxygens (including phenoxy) is 1. The largest absolute Gasteiger partial charge is 0.381 e. The highest BCUT2D eigenvalue weighted by atomic mass is 16.5. The molecule has 0 aromatic rings. The van der Waals surface area contributed by atoms with Crippen molar-refractivity contribution in [3.63, 3.8) is 0 Å². The fraction of sp³-hybridized carbons (Fsp3) is 0.941. The summed E-state index contributed by atoms with van der Waals surface area (Å²) in [6.07, 6.45) is 8.21. The Labute approximate surface area is 135 Å². The van der Waals surface area contributed by atoms with Crippen molar-refractivity contribution in [2.45, 2.75) is 64.0 Å². The van der Waals surface area contributed by atoms with Crippen LogP contribution in [0.3, 0.4) is 0 Å². The van der Waals surface area contributed by atoms with E-state index < -0.39 is 0 Å². The van der Waals surface area contributed by atoms with Crippen molar-refractivity contribution in [1.82, 2.24) is 15.1 Å². The van der Waals surface area contributed by atoms with Crippen LogP contribution < -0.4 is 5.32 Å². The monoisotopic (exact) mass is 311 g/mol. The molecule has 22 heavy (non-hydrogen) atoms. The third-order valence-electron chi connectivity index (χ3n) is 5.10. The minimum absolute atomic E-state index is 0.0768. The van der Waals surface area contributed by atoms with Gasteiger partial charge in [0.05, 0.1) is 0 Å². The summed E-state index contributed by atoms with van der Waals surface area (Å²) < 4.78 is 5.37. The van der Waals surface area contributed by atoms with E-state index in [1.165, 1.54) is 45.2 Å². The average molecular weight is 311 g/mol. The molecule has 0 saturated carbocycles. The molecule has 2 fully saturated rings. The number of unbranched alkanes of at least 4 members (excludes halogenated alkanes) is 1. The van der Waals surface area contributed by atoms with Crippen LogP contribution in [0.15, 0.2) is 0 Å². The van der Waals surface area contributed by atoms with E-state index in [1.54, 1.807) is 0 Å². The number of carbonyl (C=O) groups excluding carboxylic acids is 1. The highest BCUT2D eigenvalue weighted by Crippen LogP contribution is 2.17. The van der Waals surface area contributed by atoms with Crippen molar-refractivity contribution in [2.75, 3.05) is 39.9 Å². The van der Waals surface area contributed by atoms with Crippen LogP contribution in [0.5, 0.6) is 0 Å². The van der Waals surface area contributed by atoms with E-state index in [9.17, 15) is 4.79 Å². The molecular weight excluding hydrogens is 278 g/mol. The Bertz CT molecular complexity index is 332. The molecule has 0 aromatic carbocycles. The van der Waals surface area contributed by atoms with Crippen LogP contribution in [-0.2, 0) is 4.74 Å². The van der Waals surface area contributed by atoms with E-state index >= 15 is 0 Å². The number of nitrogens with one attached hydrogen (secondary N) is 1. The molecule has 2 heterocycles. The summed E-state index contributed by atoms with van der Waals surface area (Å²) in [7, 11) is 1.92. The van der Waals surface area contributed by atoms with Crippen LogP contribution in [-0.4, -0.2) is 67.8 Å². The molecule has 2 aliphatic rings. The molecule has 1 atom stereocenters. The number of carbonyl (C=O) groups is 1. The Hall–Kier alpha value is -0.810. The summed E-state index contributed by atoms with van der Waals surface area (Å²) in [5.41, 5.74) is 0. The lowest BCUT2D eigenvalue weighted by molar-refractivity contribution is 0.0520. The van der Waals surface area contributed by atoms with E-state index in [0.717, 1.165) is 32.6 Å². The Kier molecular flexibility index (Phi) is 7.46. The molecule has 2 saturated heterocycles. The topological polar surface area (TPSA) is 44.8 Å². The maximum absolute atomic E-state index is 12.4. The van der Waals surface area contributed by atoms with Gasteiger partial charge in [0.1, 0.15) is 0 Å². The summed E-state index contributed by atoms with van der Waals surface area (Å²) in [6, 6.07) is 0.927. The van der Waals surface area contributed by atoms with Gasteiger partial charge < -0.3 is 15.0 Å². The first-order valence-electron chi connectivity index (χ1n) is 9.04. The zero-order chi connectivity index (χ0) is 15.8. The molecule has 5 nitrogen and oxygen atoms in total. The predicted molar refractivity (Wildman–Crippen MR) is 89.1 cm³/mol. The zero-order valence-electron chi connectivity index (χ0n) is 14.4. The molecule has 0 radical (unpaired) electrons. The highest BCUT2D eigenvalue weighted by molar-refractivity contribution is 5.74. The molecule has 0 unspecified atom stereocenters. The standard InChI is InChI=1S/C17H33N3O2/c1-3-4-10-20-11-6-5-7-16(20)14-18-17(21)19(2)15-8-12-22-13-9-15/h15-16H,3-14H2,1-2H3,(H,18,21)/t16-/m0/s1. The quantitative estimate of drug-likeness (QED) is 0.819. The maximum atomic E-state index is 12.4. The van der Waals surface area contributed by atoms with Crippen LogP contribution >= 0.6 is 0 Å². The molecule has 5 heteroatoms. The number of nitrogens with zero attached hydrogens (tertiary/aromatic N) is 2. The third-order valence-corrected chi connectivity index (χ3v) is 5.10. The lowest BCUT2D eigenvalue weighted by Crippen LogP contribution is -2.51. The van der Waals surface area contributed by atoms with Gasteiger partial charge in [-0.05, 0) is 45.2 Å². The Morgan fingerprint density at radius 2 is 2.05 bits per heavy atom. The van der Waals surface area contributed by atoms with Crippen molar-refractivity contribution in [3.05, 3.63) is 0 Å².